The third-order valence-electron chi connectivity index (χ3n) is 3.76. The molecule has 0 N–H and O–H groups in total. The molecular formula is C16H18N2O3S. The van der Waals surface area contributed by atoms with Gasteiger partial charge in [-0.05, 0) is 31.5 Å². The molecule has 0 spiro atoms. The first-order chi connectivity index (χ1) is 10.6. The van der Waals surface area contributed by atoms with Gasteiger partial charge in [-0.3, -0.25) is 4.79 Å². The van der Waals surface area contributed by atoms with Crippen LogP contribution in [0.4, 0.5) is 0 Å². The zero-order chi connectivity index (χ0) is 15.7. The number of methoxy groups -OCH3 is 2. The minimum absolute atomic E-state index is 0.0907. The van der Waals surface area contributed by atoms with Crippen LogP contribution in [0, 0.1) is 6.92 Å². The van der Waals surface area contributed by atoms with E-state index in [2.05, 4.69) is 4.98 Å². The summed E-state index contributed by atoms with van der Waals surface area (Å²) >= 11 is 1.43. The lowest BCUT2D eigenvalue weighted by Gasteiger charge is -2.30. The van der Waals surface area contributed by atoms with Crippen molar-refractivity contribution in [3.63, 3.8) is 0 Å². The second-order valence-electron chi connectivity index (χ2n) is 5.15. The van der Waals surface area contributed by atoms with E-state index in [1.165, 1.54) is 11.3 Å². The van der Waals surface area contributed by atoms with Crippen LogP contribution >= 0.6 is 11.3 Å². The summed E-state index contributed by atoms with van der Waals surface area (Å²) < 4.78 is 10.6. The molecule has 0 bridgehead atoms. The van der Waals surface area contributed by atoms with Gasteiger partial charge in [0.15, 0.2) is 11.5 Å². The Morgan fingerprint density at radius 3 is 2.55 bits per heavy atom. The second-order valence-corrected chi connectivity index (χ2v) is 6.15. The molecule has 1 aliphatic heterocycles. The van der Waals surface area contributed by atoms with Gasteiger partial charge in [0, 0.05) is 18.7 Å². The highest BCUT2D eigenvalue weighted by Gasteiger charge is 2.25. The molecule has 1 aromatic heterocycles. The number of aromatic nitrogens is 1. The van der Waals surface area contributed by atoms with Gasteiger partial charge < -0.3 is 14.4 Å². The van der Waals surface area contributed by atoms with Gasteiger partial charge in [-0.2, -0.15) is 0 Å². The fourth-order valence-electron chi connectivity index (χ4n) is 2.35. The summed E-state index contributed by atoms with van der Waals surface area (Å²) in [6.07, 6.45) is 1.09. The van der Waals surface area contributed by atoms with Gasteiger partial charge >= 0.3 is 0 Å². The number of thiazole rings is 1. The number of hydrogen-bond donors (Lipinski definition) is 0. The summed E-state index contributed by atoms with van der Waals surface area (Å²) in [4.78, 5) is 19.5. The van der Waals surface area contributed by atoms with E-state index in [0.717, 1.165) is 40.7 Å². The van der Waals surface area contributed by atoms with Gasteiger partial charge in [0.05, 0.1) is 19.9 Å². The van der Waals surface area contributed by atoms with Crippen molar-refractivity contribution in [2.45, 2.75) is 13.3 Å². The number of ether oxygens (including phenoxy) is 2. The molecule has 22 heavy (non-hydrogen) atoms. The normalized spacial score (nSPS) is 13.7. The van der Waals surface area contributed by atoms with Gasteiger partial charge in [0.2, 0.25) is 0 Å². The van der Waals surface area contributed by atoms with E-state index >= 15 is 0 Å². The van der Waals surface area contributed by atoms with Crippen molar-refractivity contribution < 1.29 is 14.3 Å². The van der Waals surface area contributed by atoms with Crippen molar-refractivity contribution in [1.82, 2.24) is 9.88 Å². The van der Waals surface area contributed by atoms with Crippen LogP contribution in [0.15, 0.2) is 18.2 Å². The van der Waals surface area contributed by atoms with Crippen molar-refractivity contribution in [2.24, 2.45) is 0 Å². The van der Waals surface area contributed by atoms with E-state index in [0.29, 0.717) is 11.5 Å². The van der Waals surface area contributed by atoms with Crippen LogP contribution in [0.5, 0.6) is 11.5 Å². The van der Waals surface area contributed by atoms with Crippen LogP contribution < -0.4 is 9.47 Å². The molecule has 116 valence electrons. The van der Waals surface area contributed by atoms with Crippen LogP contribution in [0.25, 0.3) is 10.6 Å². The van der Waals surface area contributed by atoms with Crippen molar-refractivity contribution in [3.8, 4) is 22.1 Å². The first-order valence-electron chi connectivity index (χ1n) is 7.13. The number of amides is 1. The van der Waals surface area contributed by atoms with Crippen molar-refractivity contribution in [1.29, 1.82) is 0 Å². The van der Waals surface area contributed by atoms with E-state index in [-0.39, 0.29) is 5.91 Å². The van der Waals surface area contributed by atoms with Crippen molar-refractivity contribution >= 4 is 17.2 Å². The standard InChI is InChI=1S/C16H18N2O3S/c1-10-14(16(19)18-7-4-8-18)22-15(17-10)11-5-6-12(20-2)13(9-11)21-3/h5-6,9H,4,7-8H2,1-3H3. The van der Waals surface area contributed by atoms with E-state index in [1.807, 2.05) is 30.0 Å². The highest BCUT2D eigenvalue weighted by molar-refractivity contribution is 7.17. The highest BCUT2D eigenvalue weighted by Crippen LogP contribution is 2.35. The number of carbonyl (C=O) groups is 1. The highest BCUT2D eigenvalue weighted by atomic mass is 32.1. The van der Waals surface area contributed by atoms with Gasteiger partial charge in [-0.15, -0.1) is 11.3 Å². The van der Waals surface area contributed by atoms with Crippen LogP contribution in [0.2, 0.25) is 0 Å². The topological polar surface area (TPSA) is 51.7 Å². The lowest BCUT2D eigenvalue weighted by Crippen LogP contribution is -2.41. The molecule has 1 amide bonds. The number of nitrogens with zero attached hydrogens (tertiary/aromatic N) is 2. The van der Waals surface area contributed by atoms with Crippen LogP contribution in [-0.4, -0.2) is 43.1 Å². The fraction of sp³-hybridized carbons (Fsp3) is 0.375. The Bertz CT molecular complexity index is 707. The fourth-order valence-corrected chi connectivity index (χ4v) is 3.38. The lowest BCUT2D eigenvalue weighted by molar-refractivity contribution is 0.0656. The average molecular weight is 318 g/mol. The predicted octanol–water partition coefficient (Wildman–Crippen LogP) is 2.98. The Kier molecular flexibility index (Phi) is 4.02. The summed E-state index contributed by atoms with van der Waals surface area (Å²) in [6.45, 7) is 3.58. The van der Waals surface area contributed by atoms with Crippen molar-refractivity contribution in [3.05, 3.63) is 28.8 Å². The van der Waals surface area contributed by atoms with Gasteiger partial charge in [0.1, 0.15) is 9.88 Å². The molecule has 0 atom stereocenters. The molecule has 1 fully saturated rings. The first kappa shape index (κ1) is 14.8. The number of carbonyl (C=O) groups excluding carboxylic acids is 1. The first-order valence-corrected chi connectivity index (χ1v) is 7.94. The van der Waals surface area contributed by atoms with E-state index in [4.69, 9.17) is 9.47 Å². The number of benzene rings is 1. The molecule has 5 nitrogen and oxygen atoms in total. The minimum atomic E-state index is 0.0907. The van der Waals surface area contributed by atoms with Crippen molar-refractivity contribution in [2.75, 3.05) is 27.3 Å². The quantitative estimate of drug-likeness (QED) is 0.869. The van der Waals surface area contributed by atoms with E-state index < -0.39 is 0 Å². The maximum Gasteiger partial charge on any atom is 0.265 e. The SMILES string of the molecule is COc1ccc(-c2nc(C)c(C(=O)N3CCC3)s2)cc1OC. The number of likely N-dealkylation sites (tertiary alicyclic amines) is 1. The average Bonchev–Trinajstić information content (AvgIpc) is 2.86. The molecule has 0 aliphatic carbocycles. The summed E-state index contributed by atoms with van der Waals surface area (Å²) in [6, 6.07) is 5.66. The maximum absolute atomic E-state index is 12.4. The van der Waals surface area contributed by atoms with Gasteiger partial charge in [0.25, 0.3) is 5.91 Å². The van der Waals surface area contributed by atoms with Crippen LogP contribution in [0.1, 0.15) is 21.8 Å². The Hall–Kier alpha value is -2.08. The Morgan fingerprint density at radius 1 is 1.23 bits per heavy atom. The molecule has 2 heterocycles. The third-order valence-corrected chi connectivity index (χ3v) is 4.96. The number of rotatable bonds is 4. The largest absolute Gasteiger partial charge is 0.493 e. The van der Waals surface area contributed by atoms with Gasteiger partial charge in [-0.25, -0.2) is 4.98 Å². The van der Waals surface area contributed by atoms with E-state index in [1.54, 1.807) is 14.2 Å². The predicted molar refractivity (Wildman–Crippen MR) is 85.9 cm³/mol. The zero-order valence-corrected chi connectivity index (χ0v) is 13.7. The van der Waals surface area contributed by atoms with E-state index in [9.17, 15) is 4.79 Å². The molecular weight excluding hydrogens is 300 g/mol. The zero-order valence-electron chi connectivity index (χ0n) is 12.9. The maximum atomic E-state index is 12.4. The molecule has 1 aromatic carbocycles. The Balaban J connectivity index is 1.94. The van der Waals surface area contributed by atoms with Gasteiger partial charge in [-0.1, -0.05) is 0 Å². The third kappa shape index (κ3) is 2.54. The molecule has 0 saturated carbocycles. The molecule has 3 rings (SSSR count). The molecule has 6 heteroatoms. The molecule has 0 radical (unpaired) electrons. The molecule has 1 saturated heterocycles. The summed E-state index contributed by atoms with van der Waals surface area (Å²) in [5.41, 5.74) is 1.71. The Labute approximate surface area is 133 Å². The monoisotopic (exact) mass is 318 g/mol. The summed E-state index contributed by atoms with van der Waals surface area (Å²) in [5.74, 6) is 1.42. The lowest BCUT2D eigenvalue weighted by atomic mass is 10.2. The van der Waals surface area contributed by atoms with Crippen LogP contribution in [0.3, 0.4) is 0 Å². The Morgan fingerprint density at radius 2 is 1.95 bits per heavy atom. The van der Waals surface area contributed by atoms with Crippen LogP contribution in [-0.2, 0) is 0 Å². The summed E-state index contributed by atoms with van der Waals surface area (Å²) in [5, 5.41) is 0.822. The smallest absolute Gasteiger partial charge is 0.265 e. The molecule has 1 aliphatic rings. The minimum Gasteiger partial charge on any atom is -0.493 e. The molecule has 2 aromatic rings. The summed E-state index contributed by atoms with van der Waals surface area (Å²) in [7, 11) is 3.21. The molecule has 0 unspecified atom stereocenters. The number of hydrogen-bond acceptors (Lipinski definition) is 5. The second kappa shape index (κ2) is 5.96. The number of aryl methyl sites for hydroxylation is 1.